The first-order chi connectivity index (χ1) is 9.02. The van der Waals surface area contributed by atoms with Crippen LogP contribution in [0.4, 0.5) is 0 Å². The van der Waals surface area contributed by atoms with Crippen molar-refractivity contribution in [2.45, 2.75) is 32.7 Å². The second kappa shape index (κ2) is 7.74. The maximum absolute atomic E-state index is 11.4. The minimum absolute atomic E-state index is 0.116. The smallest absolute Gasteiger partial charge is 0.147 e. The normalized spacial score (nSPS) is 11.9. The zero-order chi connectivity index (χ0) is 14.3. The molecule has 104 valence electrons. The summed E-state index contributed by atoms with van der Waals surface area (Å²) in [5.74, 6) is 1.01. The minimum atomic E-state index is -0.116. The summed E-state index contributed by atoms with van der Waals surface area (Å²) in [6.07, 6.45) is 1.58. The van der Waals surface area contributed by atoms with Crippen LogP contribution in [0.25, 0.3) is 0 Å². The van der Waals surface area contributed by atoms with E-state index in [1.165, 1.54) is 0 Å². The number of ether oxygens (including phenoxy) is 1. The molecule has 0 bridgehead atoms. The average Bonchev–Trinajstić information content (AvgIpc) is 2.37. The molecule has 0 aliphatic carbocycles. The van der Waals surface area contributed by atoms with Crippen molar-refractivity contribution in [3.63, 3.8) is 0 Å². The molecule has 0 aliphatic rings. The molecule has 1 rings (SSSR count). The van der Waals surface area contributed by atoms with E-state index in [9.17, 15) is 4.79 Å². The summed E-state index contributed by atoms with van der Waals surface area (Å²) >= 11 is 0. The lowest BCUT2D eigenvalue weighted by Gasteiger charge is -2.13. The van der Waals surface area contributed by atoms with Gasteiger partial charge < -0.3 is 10.1 Å². The van der Waals surface area contributed by atoms with Crippen LogP contribution in [0.5, 0.6) is 5.75 Å². The lowest BCUT2D eigenvalue weighted by atomic mass is 10.0. The molecular weight excluding hydrogens is 238 g/mol. The standard InChI is InChI=1S/C16H23NO2/c1-12(2)9-10-19-15-7-5-14(6-8-15)11-16(17-4)13(3)18/h5-8,16-17H,1,9-11H2,2-4H3/t16-/m0/s1. The maximum Gasteiger partial charge on any atom is 0.147 e. The summed E-state index contributed by atoms with van der Waals surface area (Å²) in [5.41, 5.74) is 2.25. The van der Waals surface area contributed by atoms with E-state index in [1.54, 1.807) is 14.0 Å². The van der Waals surface area contributed by atoms with Gasteiger partial charge in [-0.2, -0.15) is 0 Å². The average molecular weight is 261 g/mol. The second-order valence-corrected chi connectivity index (χ2v) is 4.86. The number of hydrogen-bond acceptors (Lipinski definition) is 3. The summed E-state index contributed by atoms with van der Waals surface area (Å²) in [6, 6.07) is 7.78. The molecule has 0 radical (unpaired) electrons. The van der Waals surface area contributed by atoms with Crippen LogP contribution in [0.1, 0.15) is 25.8 Å². The van der Waals surface area contributed by atoms with Gasteiger partial charge in [-0.25, -0.2) is 0 Å². The maximum atomic E-state index is 11.4. The second-order valence-electron chi connectivity index (χ2n) is 4.86. The zero-order valence-electron chi connectivity index (χ0n) is 12.0. The predicted molar refractivity (Wildman–Crippen MR) is 78.6 cm³/mol. The topological polar surface area (TPSA) is 38.3 Å². The van der Waals surface area contributed by atoms with Crippen LogP contribution >= 0.6 is 0 Å². The van der Waals surface area contributed by atoms with Gasteiger partial charge in [0.1, 0.15) is 11.5 Å². The predicted octanol–water partition coefficient (Wildman–Crippen LogP) is 2.75. The molecule has 0 saturated carbocycles. The fourth-order valence-electron chi connectivity index (χ4n) is 1.75. The molecule has 1 aromatic carbocycles. The third-order valence-electron chi connectivity index (χ3n) is 3.00. The van der Waals surface area contributed by atoms with Crippen LogP contribution in [0, 0.1) is 0 Å². The molecule has 0 heterocycles. The van der Waals surface area contributed by atoms with Gasteiger partial charge in [0.15, 0.2) is 0 Å². The Bertz CT molecular complexity index is 423. The van der Waals surface area contributed by atoms with Crippen molar-refractivity contribution in [1.82, 2.24) is 5.32 Å². The van der Waals surface area contributed by atoms with E-state index in [4.69, 9.17) is 4.74 Å². The van der Waals surface area contributed by atoms with Crippen molar-refractivity contribution in [1.29, 1.82) is 0 Å². The number of carbonyl (C=O) groups excluding carboxylic acids is 1. The van der Waals surface area contributed by atoms with Crippen molar-refractivity contribution in [3.05, 3.63) is 42.0 Å². The van der Waals surface area contributed by atoms with Gasteiger partial charge in [0.25, 0.3) is 0 Å². The molecule has 3 heteroatoms. The zero-order valence-corrected chi connectivity index (χ0v) is 12.0. The number of Topliss-reactive ketones (excluding diaryl/α,β-unsaturated/α-hetero) is 1. The number of ketones is 1. The van der Waals surface area contributed by atoms with E-state index in [1.807, 2.05) is 31.2 Å². The van der Waals surface area contributed by atoms with Gasteiger partial charge in [-0.15, -0.1) is 6.58 Å². The Kier molecular flexibility index (Phi) is 6.30. The highest BCUT2D eigenvalue weighted by molar-refractivity contribution is 5.81. The van der Waals surface area contributed by atoms with Crippen LogP contribution in [-0.2, 0) is 11.2 Å². The number of carbonyl (C=O) groups is 1. The van der Waals surface area contributed by atoms with Gasteiger partial charge in [0, 0.05) is 6.42 Å². The molecule has 1 atom stereocenters. The Labute approximate surface area is 115 Å². The number of hydrogen-bond donors (Lipinski definition) is 1. The number of likely N-dealkylation sites (N-methyl/N-ethyl adjacent to an activating group) is 1. The molecule has 0 aromatic heterocycles. The van der Waals surface area contributed by atoms with E-state index in [0.717, 1.165) is 23.3 Å². The number of rotatable bonds is 8. The number of nitrogens with one attached hydrogen (secondary N) is 1. The van der Waals surface area contributed by atoms with E-state index in [2.05, 4.69) is 11.9 Å². The molecule has 0 spiro atoms. The van der Waals surface area contributed by atoms with Crippen LogP contribution in [-0.4, -0.2) is 25.5 Å². The van der Waals surface area contributed by atoms with Crippen molar-refractivity contribution in [2.24, 2.45) is 0 Å². The molecule has 0 fully saturated rings. The lowest BCUT2D eigenvalue weighted by Crippen LogP contribution is -2.34. The quantitative estimate of drug-likeness (QED) is 0.731. The lowest BCUT2D eigenvalue weighted by molar-refractivity contribution is -0.118. The summed E-state index contributed by atoms with van der Waals surface area (Å²) in [4.78, 5) is 11.4. The van der Waals surface area contributed by atoms with E-state index in [-0.39, 0.29) is 11.8 Å². The molecule has 0 unspecified atom stereocenters. The molecule has 0 amide bonds. The summed E-state index contributed by atoms with van der Waals surface area (Å²) in [6.45, 7) is 8.09. The summed E-state index contributed by atoms with van der Waals surface area (Å²) in [5, 5.41) is 3.02. The SMILES string of the molecule is C=C(C)CCOc1ccc(C[C@H](NC)C(C)=O)cc1. The fourth-order valence-corrected chi connectivity index (χ4v) is 1.75. The first-order valence-electron chi connectivity index (χ1n) is 6.56. The summed E-state index contributed by atoms with van der Waals surface area (Å²) in [7, 11) is 1.81. The van der Waals surface area contributed by atoms with Crippen LogP contribution in [0.15, 0.2) is 36.4 Å². The van der Waals surface area contributed by atoms with Gasteiger partial charge in [-0.1, -0.05) is 17.7 Å². The van der Waals surface area contributed by atoms with Gasteiger partial charge >= 0.3 is 0 Å². The van der Waals surface area contributed by atoms with Gasteiger partial charge in [0.2, 0.25) is 0 Å². The molecule has 0 saturated heterocycles. The Morgan fingerprint density at radius 3 is 2.42 bits per heavy atom. The van der Waals surface area contributed by atoms with Crippen LogP contribution in [0.2, 0.25) is 0 Å². The van der Waals surface area contributed by atoms with Crippen molar-refractivity contribution < 1.29 is 9.53 Å². The van der Waals surface area contributed by atoms with Crippen molar-refractivity contribution in [2.75, 3.05) is 13.7 Å². The highest BCUT2D eigenvalue weighted by Gasteiger charge is 2.11. The van der Waals surface area contributed by atoms with E-state index in [0.29, 0.717) is 13.0 Å². The fraction of sp³-hybridized carbons (Fsp3) is 0.438. The molecule has 3 nitrogen and oxygen atoms in total. The van der Waals surface area contributed by atoms with Gasteiger partial charge in [-0.05, 0) is 45.0 Å². The molecule has 1 aromatic rings. The Hall–Kier alpha value is -1.61. The van der Waals surface area contributed by atoms with Crippen molar-refractivity contribution in [3.8, 4) is 5.75 Å². The Morgan fingerprint density at radius 2 is 1.95 bits per heavy atom. The first-order valence-corrected chi connectivity index (χ1v) is 6.56. The van der Waals surface area contributed by atoms with Crippen molar-refractivity contribution >= 4 is 5.78 Å². The molecule has 0 aliphatic heterocycles. The van der Waals surface area contributed by atoms with Gasteiger partial charge in [0.05, 0.1) is 12.6 Å². The van der Waals surface area contributed by atoms with E-state index < -0.39 is 0 Å². The third kappa shape index (κ3) is 5.71. The highest BCUT2D eigenvalue weighted by atomic mass is 16.5. The highest BCUT2D eigenvalue weighted by Crippen LogP contribution is 2.14. The van der Waals surface area contributed by atoms with Gasteiger partial charge in [-0.3, -0.25) is 4.79 Å². The molecular formula is C16H23NO2. The Morgan fingerprint density at radius 1 is 1.32 bits per heavy atom. The Balaban J connectivity index is 2.51. The minimum Gasteiger partial charge on any atom is -0.493 e. The third-order valence-corrected chi connectivity index (χ3v) is 3.00. The monoisotopic (exact) mass is 261 g/mol. The van der Waals surface area contributed by atoms with Crippen LogP contribution in [0.3, 0.4) is 0 Å². The summed E-state index contributed by atoms with van der Waals surface area (Å²) < 4.78 is 5.61. The molecule has 1 N–H and O–H groups in total. The largest absolute Gasteiger partial charge is 0.493 e. The van der Waals surface area contributed by atoms with E-state index >= 15 is 0 Å². The number of benzene rings is 1. The van der Waals surface area contributed by atoms with Crippen LogP contribution < -0.4 is 10.1 Å². The molecule has 19 heavy (non-hydrogen) atoms. The first kappa shape index (κ1) is 15.4.